The quantitative estimate of drug-likeness (QED) is 0.895. The lowest BCUT2D eigenvalue weighted by atomic mass is 10.2. The summed E-state index contributed by atoms with van der Waals surface area (Å²) in [5.41, 5.74) is 0.0401. The maximum absolute atomic E-state index is 11.7. The molecule has 0 amide bonds. The maximum atomic E-state index is 11.7. The molecular formula is C11H11BrN2O2S. The molecule has 2 N–H and O–H groups in total. The largest absolute Gasteiger partial charge is 0.493 e. The van der Waals surface area contributed by atoms with Crippen LogP contribution in [0.3, 0.4) is 0 Å². The van der Waals surface area contributed by atoms with Gasteiger partial charge >= 0.3 is 0 Å². The molecule has 0 aliphatic heterocycles. The van der Waals surface area contributed by atoms with Gasteiger partial charge in [0.1, 0.15) is 0 Å². The molecule has 2 rings (SSSR count). The van der Waals surface area contributed by atoms with Crippen LogP contribution in [0.15, 0.2) is 15.3 Å². The summed E-state index contributed by atoms with van der Waals surface area (Å²) in [6.07, 6.45) is 0.460. The fourth-order valence-electron chi connectivity index (χ4n) is 1.50. The van der Waals surface area contributed by atoms with Crippen molar-refractivity contribution in [1.82, 2.24) is 9.97 Å². The number of nitrogens with zero attached hydrogens (tertiary/aromatic N) is 1. The second-order valence-electron chi connectivity index (χ2n) is 3.59. The number of H-pyrrole nitrogens is 1. The SMILES string of the molecule is CCc1c(O)nc(-c2cc(Br)c(C)s2)[nH]c1=O. The number of aryl methyl sites for hydroxylation is 1. The van der Waals surface area contributed by atoms with Gasteiger partial charge in [-0.05, 0) is 35.3 Å². The normalized spacial score (nSPS) is 10.8. The Balaban J connectivity index is 2.58. The van der Waals surface area contributed by atoms with E-state index < -0.39 is 0 Å². The highest BCUT2D eigenvalue weighted by Crippen LogP contribution is 2.32. The molecule has 0 saturated carbocycles. The number of thiophene rings is 1. The summed E-state index contributed by atoms with van der Waals surface area (Å²) < 4.78 is 0.971. The predicted molar refractivity (Wildman–Crippen MR) is 71.7 cm³/mol. The van der Waals surface area contributed by atoms with Gasteiger partial charge in [0.15, 0.2) is 5.82 Å². The van der Waals surface area contributed by atoms with Gasteiger partial charge in [0, 0.05) is 9.35 Å². The molecule has 6 heteroatoms. The molecule has 90 valence electrons. The zero-order chi connectivity index (χ0) is 12.6. The Labute approximate surface area is 110 Å². The number of halogens is 1. The van der Waals surface area contributed by atoms with Crippen molar-refractivity contribution in [3.63, 3.8) is 0 Å². The van der Waals surface area contributed by atoms with Gasteiger partial charge in [0.05, 0.1) is 10.4 Å². The first-order valence-electron chi connectivity index (χ1n) is 5.11. The van der Waals surface area contributed by atoms with Crippen LogP contribution in [0.25, 0.3) is 10.7 Å². The van der Waals surface area contributed by atoms with E-state index in [1.165, 1.54) is 11.3 Å². The van der Waals surface area contributed by atoms with Crippen molar-refractivity contribution >= 4 is 27.3 Å². The molecule has 17 heavy (non-hydrogen) atoms. The average molecular weight is 315 g/mol. The molecule has 0 atom stereocenters. The lowest BCUT2D eigenvalue weighted by molar-refractivity contribution is 0.444. The van der Waals surface area contributed by atoms with Crippen molar-refractivity contribution in [2.45, 2.75) is 20.3 Å². The van der Waals surface area contributed by atoms with E-state index in [-0.39, 0.29) is 11.4 Å². The van der Waals surface area contributed by atoms with Gasteiger partial charge < -0.3 is 10.1 Å². The van der Waals surface area contributed by atoms with Crippen molar-refractivity contribution < 1.29 is 5.11 Å². The Kier molecular flexibility index (Phi) is 3.35. The van der Waals surface area contributed by atoms with E-state index in [9.17, 15) is 9.90 Å². The first kappa shape index (κ1) is 12.3. The molecule has 4 nitrogen and oxygen atoms in total. The van der Waals surface area contributed by atoms with E-state index in [0.717, 1.165) is 14.2 Å². The van der Waals surface area contributed by atoms with E-state index in [0.29, 0.717) is 17.8 Å². The van der Waals surface area contributed by atoms with Crippen LogP contribution in [0.4, 0.5) is 0 Å². The van der Waals surface area contributed by atoms with Crippen LogP contribution >= 0.6 is 27.3 Å². The fourth-order valence-corrected chi connectivity index (χ4v) is 2.98. The molecule has 0 aliphatic carbocycles. The molecule has 2 heterocycles. The van der Waals surface area contributed by atoms with Crippen LogP contribution in [-0.2, 0) is 6.42 Å². The van der Waals surface area contributed by atoms with Gasteiger partial charge in [-0.3, -0.25) is 4.79 Å². The smallest absolute Gasteiger partial charge is 0.258 e. The highest BCUT2D eigenvalue weighted by Gasteiger charge is 2.12. The Morgan fingerprint density at radius 2 is 2.29 bits per heavy atom. The topological polar surface area (TPSA) is 66.0 Å². The first-order valence-corrected chi connectivity index (χ1v) is 6.72. The molecule has 0 unspecified atom stereocenters. The van der Waals surface area contributed by atoms with Crippen LogP contribution in [0, 0.1) is 6.92 Å². The zero-order valence-corrected chi connectivity index (χ0v) is 11.8. The Morgan fingerprint density at radius 3 is 2.76 bits per heavy atom. The summed E-state index contributed by atoms with van der Waals surface area (Å²) in [5, 5.41) is 9.67. The van der Waals surface area contributed by atoms with E-state index in [4.69, 9.17) is 0 Å². The van der Waals surface area contributed by atoms with Crippen molar-refractivity contribution in [2.75, 3.05) is 0 Å². The molecular weight excluding hydrogens is 304 g/mol. The summed E-state index contributed by atoms with van der Waals surface area (Å²) in [4.78, 5) is 20.3. The van der Waals surface area contributed by atoms with Gasteiger partial charge in [-0.25, -0.2) is 0 Å². The molecule has 0 fully saturated rings. The van der Waals surface area contributed by atoms with Gasteiger partial charge in [0.25, 0.3) is 5.56 Å². The van der Waals surface area contributed by atoms with Crippen molar-refractivity contribution in [1.29, 1.82) is 0 Å². The molecule has 0 saturated heterocycles. The van der Waals surface area contributed by atoms with Gasteiger partial charge in [0.2, 0.25) is 5.88 Å². The number of hydrogen-bond acceptors (Lipinski definition) is 4. The Hall–Kier alpha value is -1.14. The van der Waals surface area contributed by atoms with Crippen LogP contribution in [-0.4, -0.2) is 15.1 Å². The second-order valence-corrected chi connectivity index (χ2v) is 5.70. The number of aromatic nitrogens is 2. The molecule has 0 bridgehead atoms. The molecule has 0 spiro atoms. The van der Waals surface area contributed by atoms with E-state index in [1.54, 1.807) is 6.92 Å². The first-order chi connectivity index (χ1) is 8.02. The summed E-state index contributed by atoms with van der Waals surface area (Å²) in [7, 11) is 0. The number of aromatic hydroxyl groups is 1. The summed E-state index contributed by atoms with van der Waals surface area (Å²) in [6.45, 7) is 3.77. The monoisotopic (exact) mass is 314 g/mol. The lowest BCUT2D eigenvalue weighted by Gasteiger charge is -2.02. The van der Waals surface area contributed by atoms with Crippen LogP contribution < -0.4 is 5.56 Å². The summed E-state index contributed by atoms with van der Waals surface area (Å²) >= 11 is 4.91. The third kappa shape index (κ3) is 2.28. The second kappa shape index (κ2) is 4.62. The van der Waals surface area contributed by atoms with Crippen molar-refractivity contribution in [3.05, 3.63) is 31.3 Å². The standard InChI is InChI=1S/C11H11BrN2O2S/c1-3-6-10(15)13-9(14-11(6)16)8-4-7(12)5(2)17-8/h4H,3H2,1-2H3,(H2,13,14,15,16). The average Bonchev–Trinajstić information content (AvgIpc) is 2.59. The molecule has 2 aromatic rings. The van der Waals surface area contributed by atoms with Crippen LogP contribution in [0.5, 0.6) is 5.88 Å². The molecule has 2 aromatic heterocycles. The minimum absolute atomic E-state index is 0.187. The number of hydrogen-bond donors (Lipinski definition) is 2. The fraction of sp³-hybridized carbons (Fsp3) is 0.273. The minimum Gasteiger partial charge on any atom is -0.493 e. The third-order valence-electron chi connectivity index (χ3n) is 2.44. The predicted octanol–water partition coefficient (Wildman–Crippen LogP) is 2.84. The van der Waals surface area contributed by atoms with E-state index in [2.05, 4.69) is 25.9 Å². The zero-order valence-electron chi connectivity index (χ0n) is 9.37. The number of aromatic amines is 1. The van der Waals surface area contributed by atoms with Gasteiger partial charge in [-0.2, -0.15) is 4.98 Å². The molecule has 0 aromatic carbocycles. The Bertz CT molecular complexity index is 599. The maximum Gasteiger partial charge on any atom is 0.258 e. The third-order valence-corrected chi connectivity index (χ3v) is 4.58. The van der Waals surface area contributed by atoms with Crippen LogP contribution in [0.2, 0.25) is 0 Å². The molecule has 0 aliphatic rings. The van der Waals surface area contributed by atoms with Crippen molar-refractivity contribution in [2.24, 2.45) is 0 Å². The molecule has 0 radical (unpaired) electrons. The highest BCUT2D eigenvalue weighted by atomic mass is 79.9. The van der Waals surface area contributed by atoms with Crippen molar-refractivity contribution in [3.8, 4) is 16.6 Å². The Morgan fingerprint density at radius 1 is 1.59 bits per heavy atom. The van der Waals surface area contributed by atoms with E-state index >= 15 is 0 Å². The van der Waals surface area contributed by atoms with E-state index in [1.807, 2.05) is 13.0 Å². The number of nitrogens with one attached hydrogen (secondary N) is 1. The van der Waals surface area contributed by atoms with Crippen LogP contribution in [0.1, 0.15) is 17.4 Å². The summed E-state index contributed by atoms with van der Waals surface area (Å²) in [6, 6.07) is 1.88. The minimum atomic E-state index is -0.280. The van der Waals surface area contributed by atoms with Gasteiger partial charge in [-0.1, -0.05) is 6.92 Å². The highest BCUT2D eigenvalue weighted by molar-refractivity contribution is 9.10. The number of rotatable bonds is 2. The lowest BCUT2D eigenvalue weighted by Crippen LogP contribution is -2.14. The summed E-state index contributed by atoms with van der Waals surface area (Å²) in [5.74, 6) is 0.219. The van der Waals surface area contributed by atoms with Gasteiger partial charge in [-0.15, -0.1) is 11.3 Å².